The Morgan fingerprint density at radius 1 is 1.25 bits per heavy atom. The Bertz CT molecular complexity index is 965. The third-order valence-corrected chi connectivity index (χ3v) is 5.04. The second-order valence-electron chi connectivity index (χ2n) is 7.04. The highest BCUT2D eigenvalue weighted by Gasteiger charge is 2.34. The number of aromatic nitrogens is 2. The predicted molar refractivity (Wildman–Crippen MR) is 104 cm³/mol. The first kappa shape index (κ1) is 18.2. The van der Waals surface area contributed by atoms with E-state index in [2.05, 4.69) is 9.97 Å². The number of methoxy groups -OCH3 is 1. The molecule has 3 aromatic rings. The summed E-state index contributed by atoms with van der Waals surface area (Å²) in [5, 5.41) is 0. The van der Waals surface area contributed by atoms with Crippen LogP contribution in [0.1, 0.15) is 52.1 Å². The zero-order valence-electron chi connectivity index (χ0n) is 16.1. The summed E-state index contributed by atoms with van der Waals surface area (Å²) in [7, 11) is 1.65. The molecule has 6 heteroatoms. The van der Waals surface area contributed by atoms with Gasteiger partial charge in [0.1, 0.15) is 17.6 Å². The van der Waals surface area contributed by atoms with Crippen LogP contribution < -0.4 is 4.74 Å². The lowest BCUT2D eigenvalue weighted by Gasteiger charge is -2.22. The highest BCUT2D eigenvalue weighted by Crippen LogP contribution is 2.33. The summed E-state index contributed by atoms with van der Waals surface area (Å²) < 4.78 is 11.3. The Labute approximate surface area is 164 Å². The highest BCUT2D eigenvalue weighted by molar-refractivity contribution is 5.94. The summed E-state index contributed by atoms with van der Waals surface area (Å²) in [6.45, 7) is 2.61. The smallest absolute Gasteiger partial charge is 0.256 e. The Morgan fingerprint density at radius 3 is 2.93 bits per heavy atom. The van der Waals surface area contributed by atoms with Crippen molar-refractivity contribution in [1.82, 2.24) is 14.9 Å². The molecule has 0 aliphatic carbocycles. The highest BCUT2D eigenvalue weighted by atomic mass is 16.5. The molecule has 0 N–H and O–H groups in total. The molecule has 28 heavy (non-hydrogen) atoms. The maximum Gasteiger partial charge on any atom is 0.256 e. The number of hydrogen-bond donors (Lipinski definition) is 0. The zero-order valence-corrected chi connectivity index (χ0v) is 16.1. The molecule has 1 aliphatic rings. The maximum absolute atomic E-state index is 12.9. The summed E-state index contributed by atoms with van der Waals surface area (Å²) in [4.78, 5) is 23.5. The summed E-state index contributed by atoms with van der Waals surface area (Å²) in [6, 6.07) is 11.4. The van der Waals surface area contributed by atoms with E-state index in [-0.39, 0.29) is 11.9 Å². The molecular formula is C22H23N3O3. The molecule has 1 unspecified atom stereocenters. The van der Waals surface area contributed by atoms with Crippen molar-refractivity contribution in [2.45, 2.75) is 32.2 Å². The number of carbonyl (C=O) groups is 1. The Kier molecular flexibility index (Phi) is 5.10. The standard InChI is InChI=1S/C22H23N3O3/c1-15-8-9-17(13-23-15)22(26)25-10-4-7-20(25)21-24-14-19(28-21)12-16-5-3-6-18(11-16)27-2/h3,5-6,8-9,11,13-14,20H,4,7,10,12H2,1-2H3. The summed E-state index contributed by atoms with van der Waals surface area (Å²) in [5.74, 6) is 2.17. The summed E-state index contributed by atoms with van der Waals surface area (Å²) >= 11 is 0. The molecule has 144 valence electrons. The number of pyridine rings is 1. The Morgan fingerprint density at radius 2 is 2.14 bits per heavy atom. The molecule has 1 atom stereocenters. The maximum atomic E-state index is 12.9. The van der Waals surface area contributed by atoms with E-state index in [1.165, 1.54) is 0 Å². The second-order valence-corrected chi connectivity index (χ2v) is 7.04. The average Bonchev–Trinajstić information content (AvgIpc) is 3.37. The van der Waals surface area contributed by atoms with Crippen molar-refractivity contribution in [2.24, 2.45) is 0 Å². The van der Waals surface area contributed by atoms with Gasteiger partial charge < -0.3 is 14.1 Å². The second kappa shape index (κ2) is 7.84. The number of rotatable bonds is 5. The fourth-order valence-corrected chi connectivity index (χ4v) is 3.57. The van der Waals surface area contributed by atoms with Crippen molar-refractivity contribution < 1.29 is 13.9 Å². The van der Waals surface area contributed by atoms with Gasteiger partial charge in [-0.15, -0.1) is 0 Å². The lowest BCUT2D eigenvalue weighted by atomic mass is 10.1. The molecule has 1 fully saturated rings. The van der Waals surface area contributed by atoms with Gasteiger partial charge in [-0.3, -0.25) is 9.78 Å². The van der Waals surface area contributed by atoms with Crippen molar-refractivity contribution in [3.05, 3.63) is 77.3 Å². The molecule has 1 amide bonds. The number of likely N-dealkylation sites (tertiary alicyclic amines) is 1. The molecule has 6 nitrogen and oxygen atoms in total. The van der Waals surface area contributed by atoms with Gasteiger partial charge in [-0.1, -0.05) is 12.1 Å². The summed E-state index contributed by atoms with van der Waals surface area (Å²) in [5.41, 5.74) is 2.58. The summed E-state index contributed by atoms with van der Waals surface area (Å²) in [6.07, 6.45) is 5.81. The van der Waals surface area contributed by atoms with Crippen molar-refractivity contribution in [1.29, 1.82) is 0 Å². The van der Waals surface area contributed by atoms with Crippen LogP contribution in [0.25, 0.3) is 0 Å². The van der Waals surface area contributed by atoms with E-state index < -0.39 is 0 Å². The van der Waals surface area contributed by atoms with E-state index in [9.17, 15) is 4.79 Å². The number of nitrogens with zero attached hydrogens (tertiary/aromatic N) is 3. The van der Waals surface area contributed by atoms with Crippen LogP contribution in [0.15, 0.2) is 53.2 Å². The SMILES string of the molecule is COc1cccc(Cc2cnc(C3CCCN3C(=O)c3ccc(C)nc3)o2)c1. The fourth-order valence-electron chi connectivity index (χ4n) is 3.57. The van der Waals surface area contributed by atoms with Gasteiger partial charge in [0.15, 0.2) is 0 Å². The van der Waals surface area contributed by atoms with Crippen LogP contribution >= 0.6 is 0 Å². The first-order valence-electron chi connectivity index (χ1n) is 9.45. The number of ether oxygens (including phenoxy) is 1. The minimum Gasteiger partial charge on any atom is -0.497 e. The molecule has 0 radical (unpaired) electrons. The van der Waals surface area contributed by atoms with Crippen LogP contribution in [0.3, 0.4) is 0 Å². The number of oxazole rings is 1. The lowest BCUT2D eigenvalue weighted by Crippen LogP contribution is -2.30. The molecule has 2 aromatic heterocycles. The lowest BCUT2D eigenvalue weighted by molar-refractivity contribution is 0.0714. The molecule has 1 saturated heterocycles. The third kappa shape index (κ3) is 3.76. The van der Waals surface area contributed by atoms with Gasteiger partial charge in [-0.05, 0) is 49.6 Å². The van der Waals surface area contributed by atoms with Crippen LogP contribution in [0, 0.1) is 6.92 Å². The topological polar surface area (TPSA) is 68.5 Å². The van der Waals surface area contributed by atoms with Gasteiger partial charge in [0.25, 0.3) is 5.91 Å². The first-order valence-corrected chi connectivity index (χ1v) is 9.45. The van der Waals surface area contributed by atoms with Crippen LogP contribution in [-0.4, -0.2) is 34.4 Å². The molecule has 0 spiro atoms. The molecule has 4 rings (SSSR count). The molecule has 3 heterocycles. The number of hydrogen-bond acceptors (Lipinski definition) is 5. The molecule has 0 saturated carbocycles. The molecule has 0 bridgehead atoms. The largest absolute Gasteiger partial charge is 0.497 e. The van der Waals surface area contributed by atoms with E-state index in [0.29, 0.717) is 24.4 Å². The van der Waals surface area contributed by atoms with Crippen molar-refractivity contribution >= 4 is 5.91 Å². The van der Waals surface area contributed by atoms with E-state index in [4.69, 9.17) is 9.15 Å². The third-order valence-electron chi connectivity index (χ3n) is 5.04. The van der Waals surface area contributed by atoms with Crippen molar-refractivity contribution in [3.8, 4) is 5.75 Å². The van der Waals surface area contributed by atoms with E-state index in [1.807, 2.05) is 48.2 Å². The van der Waals surface area contributed by atoms with Crippen LogP contribution in [0.2, 0.25) is 0 Å². The monoisotopic (exact) mass is 377 g/mol. The Hall–Kier alpha value is -3.15. The van der Waals surface area contributed by atoms with Gasteiger partial charge >= 0.3 is 0 Å². The zero-order chi connectivity index (χ0) is 19.5. The first-order chi connectivity index (χ1) is 13.6. The van der Waals surface area contributed by atoms with Gasteiger partial charge in [-0.2, -0.15) is 0 Å². The normalized spacial score (nSPS) is 16.4. The molecule has 1 aliphatic heterocycles. The van der Waals surface area contributed by atoms with Crippen LogP contribution in [-0.2, 0) is 6.42 Å². The van der Waals surface area contributed by atoms with Crippen molar-refractivity contribution in [2.75, 3.05) is 13.7 Å². The minimum atomic E-state index is -0.132. The predicted octanol–water partition coefficient (Wildman–Crippen LogP) is 3.95. The van der Waals surface area contributed by atoms with Crippen LogP contribution in [0.5, 0.6) is 5.75 Å². The van der Waals surface area contributed by atoms with E-state index in [1.54, 1.807) is 19.5 Å². The van der Waals surface area contributed by atoms with Gasteiger partial charge in [0, 0.05) is 24.9 Å². The fraction of sp³-hybridized carbons (Fsp3) is 0.318. The Balaban J connectivity index is 1.50. The number of aryl methyl sites for hydroxylation is 1. The van der Waals surface area contributed by atoms with Gasteiger partial charge in [-0.25, -0.2) is 4.98 Å². The van der Waals surface area contributed by atoms with Gasteiger partial charge in [0.05, 0.1) is 18.9 Å². The van der Waals surface area contributed by atoms with E-state index >= 15 is 0 Å². The quantitative estimate of drug-likeness (QED) is 0.673. The van der Waals surface area contributed by atoms with E-state index in [0.717, 1.165) is 35.6 Å². The average molecular weight is 377 g/mol. The van der Waals surface area contributed by atoms with Crippen molar-refractivity contribution in [3.63, 3.8) is 0 Å². The number of amides is 1. The minimum absolute atomic E-state index is 0.0254. The number of benzene rings is 1. The van der Waals surface area contributed by atoms with Crippen LogP contribution in [0.4, 0.5) is 0 Å². The molecular weight excluding hydrogens is 354 g/mol. The van der Waals surface area contributed by atoms with Gasteiger partial charge in [0.2, 0.25) is 5.89 Å². The molecule has 1 aromatic carbocycles. The number of carbonyl (C=O) groups excluding carboxylic acids is 1.